The fourth-order valence-corrected chi connectivity index (χ4v) is 5.23. The number of methoxy groups -OCH3 is 2. The van der Waals surface area contributed by atoms with E-state index < -0.39 is 47.9 Å². The number of amides is 4. The molecule has 4 amide bonds. The zero-order valence-corrected chi connectivity index (χ0v) is 26.8. The van der Waals surface area contributed by atoms with E-state index in [0.717, 1.165) is 9.80 Å². The van der Waals surface area contributed by atoms with E-state index in [2.05, 4.69) is 10.6 Å². The lowest BCUT2D eigenvalue weighted by atomic mass is 10.1. The molecule has 244 valence electrons. The molecule has 0 saturated carbocycles. The molecule has 0 fully saturated rings. The number of ether oxygens (including phenoxy) is 2. The van der Waals surface area contributed by atoms with E-state index in [1.54, 1.807) is 97.1 Å². The predicted octanol–water partition coefficient (Wildman–Crippen LogP) is 5.09. The summed E-state index contributed by atoms with van der Waals surface area (Å²) >= 11 is 11.7. The average molecular weight is 690 g/mol. The van der Waals surface area contributed by atoms with Gasteiger partial charge in [-0.2, -0.15) is 0 Å². The number of hydrogen-bond acceptors (Lipinski definition) is 10. The first-order chi connectivity index (χ1) is 23.0. The van der Waals surface area contributed by atoms with E-state index in [4.69, 9.17) is 32.7 Å². The Bertz CT molecular complexity index is 1710. The van der Waals surface area contributed by atoms with Gasteiger partial charge in [0, 0.05) is 21.4 Å². The summed E-state index contributed by atoms with van der Waals surface area (Å²) in [5.41, 5.74) is 2.07. The zero-order valence-electron chi connectivity index (χ0n) is 25.3. The third kappa shape index (κ3) is 6.70. The molecule has 0 unspecified atom stereocenters. The number of fused-ring (bicyclic) bond motifs is 2. The summed E-state index contributed by atoms with van der Waals surface area (Å²) in [4.78, 5) is 76.2. The van der Waals surface area contributed by atoms with Crippen LogP contribution in [-0.4, -0.2) is 71.9 Å². The van der Waals surface area contributed by atoms with Crippen LogP contribution in [0.5, 0.6) is 0 Å². The van der Waals surface area contributed by atoms with Crippen molar-refractivity contribution in [3.63, 3.8) is 0 Å². The van der Waals surface area contributed by atoms with Crippen LogP contribution in [0.2, 0.25) is 10.0 Å². The minimum atomic E-state index is -1.27. The number of anilines is 2. The van der Waals surface area contributed by atoms with E-state index in [1.807, 2.05) is 0 Å². The fraction of sp³-hybridized carbons (Fsp3) is 0.118. The Morgan fingerprint density at radius 2 is 0.792 bits per heavy atom. The molecule has 2 aliphatic rings. The number of carbonyl (C=O) groups excluding carboxylic acids is 6. The van der Waals surface area contributed by atoms with Crippen molar-refractivity contribution >= 4 is 70.1 Å². The molecule has 0 saturated heterocycles. The van der Waals surface area contributed by atoms with Crippen LogP contribution < -0.4 is 10.6 Å². The first kappa shape index (κ1) is 33.6. The van der Waals surface area contributed by atoms with E-state index >= 15 is 0 Å². The fourth-order valence-electron chi connectivity index (χ4n) is 4.97. The van der Waals surface area contributed by atoms with Gasteiger partial charge < -0.3 is 20.1 Å². The molecule has 0 aliphatic carbocycles. The monoisotopic (exact) mass is 688 g/mol. The number of carbonyl (C=O) groups is 6. The van der Waals surface area contributed by atoms with Gasteiger partial charge in [-0.1, -0.05) is 47.5 Å². The summed E-state index contributed by atoms with van der Waals surface area (Å²) in [5, 5.41) is 6.74. The third-order valence-electron chi connectivity index (χ3n) is 7.31. The van der Waals surface area contributed by atoms with Crippen LogP contribution in [0.1, 0.15) is 41.4 Å². The maximum absolute atomic E-state index is 12.5. The average Bonchev–Trinajstić information content (AvgIpc) is 3.51. The Labute approximate surface area is 284 Å². The van der Waals surface area contributed by atoms with Crippen molar-refractivity contribution in [2.24, 2.45) is 0 Å². The Balaban J connectivity index is 0.000000188. The molecule has 2 atom stereocenters. The zero-order chi connectivity index (χ0) is 34.5. The van der Waals surface area contributed by atoms with Crippen molar-refractivity contribution in [2.75, 3.05) is 24.9 Å². The van der Waals surface area contributed by atoms with Crippen molar-refractivity contribution in [1.82, 2.24) is 9.80 Å². The van der Waals surface area contributed by atoms with Gasteiger partial charge in [0.1, 0.15) is 0 Å². The minimum Gasteiger partial charge on any atom is -0.466 e. The van der Waals surface area contributed by atoms with Gasteiger partial charge >= 0.3 is 11.9 Å². The molecule has 0 aromatic heterocycles. The highest BCUT2D eigenvalue weighted by atomic mass is 35.5. The summed E-state index contributed by atoms with van der Waals surface area (Å²) in [6.45, 7) is 0. The third-order valence-corrected chi connectivity index (χ3v) is 7.82. The van der Waals surface area contributed by atoms with E-state index in [9.17, 15) is 28.8 Å². The van der Waals surface area contributed by atoms with Gasteiger partial charge in [0.05, 0.1) is 36.5 Å². The summed E-state index contributed by atoms with van der Waals surface area (Å²) in [5.74, 6) is -3.70. The summed E-state index contributed by atoms with van der Waals surface area (Å²) < 4.78 is 9.49. The summed E-state index contributed by atoms with van der Waals surface area (Å²) in [6, 6.07) is 25.9. The van der Waals surface area contributed by atoms with Crippen LogP contribution in [0.4, 0.5) is 11.4 Å². The van der Waals surface area contributed by atoms with Gasteiger partial charge in [0.2, 0.25) is 12.3 Å². The summed E-state index contributed by atoms with van der Waals surface area (Å²) in [7, 11) is 2.38. The second kappa shape index (κ2) is 14.4. The molecule has 6 rings (SSSR count). The Hall–Kier alpha value is -5.72. The molecule has 12 nitrogen and oxygen atoms in total. The molecule has 14 heteroatoms. The highest BCUT2D eigenvalue weighted by molar-refractivity contribution is 6.31. The topological polar surface area (TPSA) is 151 Å². The summed E-state index contributed by atoms with van der Waals surface area (Å²) in [6.07, 6.45) is -2.55. The number of imide groups is 2. The quantitative estimate of drug-likeness (QED) is 0.189. The molecule has 0 radical (unpaired) electrons. The number of rotatable bonds is 8. The van der Waals surface area contributed by atoms with Crippen LogP contribution in [0.25, 0.3) is 0 Å². The largest absolute Gasteiger partial charge is 0.466 e. The maximum atomic E-state index is 12.5. The smallest absolute Gasteiger partial charge is 0.350 e. The Kier molecular flexibility index (Phi) is 10.1. The molecular weight excluding hydrogens is 663 g/mol. The maximum Gasteiger partial charge on any atom is 0.350 e. The number of halogens is 2. The number of esters is 2. The molecule has 2 heterocycles. The van der Waals surface area contributed by atoms with Crippen LogP contribution in [0.15, 0.2) is 97.1 Å². The molecule has 48 heavy (non-hydrogen) atoms. The van der Waals surface area contributed by atoms with E-state index in [1.165, 1.54) is 14.2 Å². The van der Waals surface area contributed by atoms with Crippen molar-refractivity contribution < 1.29 is 38.2 Å². The first-order valence-corrected chi connectivity index (χ1v) is 14.9. The van der Waals surface area contributed by atoms with Crippen molar-refractivity contribution in [3.05, 3.63) is 129 Å². The molecule has 4 aromatic rings. The molecule has 0 bridgehead atoms. The van der Waals surface area contributed by atoms with Crippen molar-refractivity contribution in [3.8, 4) is 0 Å². The van der Waals surface area contributed by atoms with Gasteiger partial charge in [-0.25, -0.2) is 19.4 Å². The number of nitrogens with zero attached hydrogens (tertiary/aromatic N) is 2. The van der Waals surface area contributed by atoms with Gasteiger partial charge in [0.25, 0.3) is 23.6 Å². The Morgan fingerprint density at radius 1 is 0.521 bits per heavy atom. The van der Waals surface area contributed by atoms with Crippen molar-refractivity contribution in [1.29, 1.82) is 0 Å². The van der Waals surface area contributed by atoms with Crippen LogP contribution in [-0.2, 0) is 19.1 Å². The standard InChI is InChI=1S/2C17H13ClN2O4/c2*1-24-17(23)14(19-11-8-6-10(18)7-9-11)20-15(21)12-4-2-3-5-13(12)16(20)22/h2*2-9,14,19H,1H3/t2*14-/m00/s1. The van der Waals surface area contributed by atoms with Gasteiger partial charge in [-0.05, 0) is 72.8 Å². The molecule has 4 aromatic carbocycles. The highest BCUT2D eigenvalue weighted by Crippen LogP contribution is 2.28. The molecular formula is C34H26Cl2N4O8. The SMILES string of the molecule is COC(=O)[C@@H](Nc1ccc(Cl)cc1)N1C(=O)c2ccccc2C1=O.COC(=O)[C@@H](Nc1ccc(Cl)cc1)N1C(=O)c2ccccc2C1=O. The van der Waals surface area contributed by atoms with Gasteiger partial charge in [0.15, 0.2) is 0 Å². The number of benzene rings is 4. The predicted molar refractivity (Wildman–Crippen MR) is 176 cm³/mol. The number of hydrogen-bond donors (Lipinski definition) is 2. The lowest BCUT2D eigenvalue weighted by Gasteiger charge is -2.25. The second-order valence-corrected chi connectivity index (χ2v) is 11.1. The van der Waals surface area contributed by atoms with Crippen LogP contribution in [0.3, 0.4) is 0 Å². The number of nitrogens with one attached hydrogen (secondary N) is 2. The van der Waals surface area contributed by atoms with Gasteiger partial charge in [-0.15, -0.1) is 0 Å². The highest BCUT2D eigenvalue weighted by Gasteiger charge is 2.44. The van der Waals surface area contributed by atoms with E-state index in [0.29, 0.717) is 21.4 Å². The second-order valence-electron chi connectivity index (χ2n) is 10.2. The van der Waals surface area contributed by atoms with Crippen molar-refractivity contribution in [2.45, 2.75) is 12.3 Å². The Morgan fingerprint density at radius 3 is 1.04 bits per heavy atom. The first-order valence-electron chi connectivity index (χ1n) is 14.2. The van der Waals surface area contributed by atoms with Crippen LogP contribution in [0, 0.1) is 0 Å². The lowest BCUT2D eigenvalue weighted by Crippen LogP contribution is -2.50. The molecule has 0 spiro atoms. The van der Waals surface area contributed by atoms with E-state index in [-0.39, 0.29) is 22.3 Å². The molecule has 2 aliphatic heterocycles. The van der Waals surface area contributed by atoms with Gasteiger partial charge in [-0.3, -0.25) is 19.2 Å². The van der Waals surface area contributed by atoms with Crippen LogP contribution >= 0.6 is 23.2 Å². The molecule has 2 N–H and O–H groups in total. The normalized spacial score (nSPS) is 14.3. The minimum absolute atomic E-state index is 0.259. The lowest BCUT2D eigenvalue weighted by molar-refractivity contribution is -0.144.